The highest BCUT2D eigenvalue weighted by Gasteiger charge is 2.56. The molecule has 3 aromatic heterocycles. The van der Waals surface area contributed by atoms with E-state index in [0.717, 1.165) is 25.7 Å². The lowest BCUT2D eigenvalue weighted by Crippen LogP contribution is -2.56. The molecule has 3 N–H and O–H groups in total. The van der Waals surface area contributed by atoms with E-state index < -0.39 is 66.4 Å². The fourth-order valence-corrected chi connectivity index (χ4v) is 6.57. The van der Waals surface area contributed by atoms with Crippen LogP contribution >= 0.6 is 0 Å². The predicted molar refractivity (Wildman–Crippen MR) is 153 cm³/mol. The minimum Gasteiger partial charge on any atom is -0.368 e. The molecule has 13 nitrogen and oxygen atoms in total. The molecule has 7 rings (SSSR count). The maximum Gasteiger partial charge on any atom is 0.408 e. The molecule has 48 heavy (non-hydrogen) atoms. The van der Waals surface area contributed by atoms with Gasteiger partial charge in [0.2, 0.25) is 17.7 Å². The van der Waals surface area contributed by atoms with Gasteiger partial charge in [0.15, 0.2) is 11.3 Å². The molecule has 3 saturated carbocycles. The average Bonchev–Trinajstić information content (AvgIpc) is 3.93. The minimum atomic E-state index is -4.74. The lowest BCUT2D eigenvalue weighted by atomic mass is 9.81. The summed E-state index contributed by atoms with van der Waals surface area (Å²) in [4.78, 5) is 43.8. The highest BCUT2D eigenvalue weighted by Crippen LogP contribution is 2.43. The Morgan fingerprint density at radius 2 is 1.88 bits per heavy atom. The molecule has 3 amide bonds. The number of alkyl halides is 5. The number of hydrogen-bond donors (Lipinski definition) is 3. The lowest BCUT2D eigenvalue weighted by molar-refractivity contribution is -0.155. The van der Waals surface area contributed by atoms with Gasteiger partial charge in [0.05, 0.1) is 30.2 Å². The molecule has 4 aliphatic rings. The number of nitrogens with one attached hydrogen (secondary N) is 3. The van der Waals surface area contributed by atoms with Crippen LogP contribution in [0.15, 0.2) is 23.1 Å². The number of carbonyl (C=O) groups excluding carboxylic acids is 3. The van der Waals surface area contributed by atoms with Gasteiger partial charge in [-0.2, -0.15) is 18.3 Å². The van der Waals surface area contributed by atoms with Crippen molar-refractivity contribution in [2.75, 3.05) is 6.61 Å². The van der Waals surface area contributed by atoms with Gasteiger partial charge in [0.25, 0.3) is 5.91 Å². The Bertz CT molecular complexity index is 1710. The molecular formula is C30H33F5N8O5. The number of amides is 3. The van der Waals surface area contributed by atoms with Crippen molar-refractivity contribution in [2.45, 2.75) is 106 Å². The summed E-state index contributed by atoms with van der Waals surface area (Å²) < 4.78 is 80.8. The SMILES string of the molecule is O=C(COC1CC1)N[C@]1(Cc2cnn3cc([C@@H](NC(=O)c4nonc4C4CC4)C4CCC(F)(F)CC4)nc3c2)C[C@@H](C(F)(F)F)NC1=O. The first kappa shape index (κ1) is 32.3. The zero-order chi connectivity index (χ0) is 33.8. The Morgan fingerprint density at radius 1 is 1.12 bits per heavy atom. The molecule has 3 atom stereocenters. The van der Waals surface area contributed by atoms with Crippen molar-refractivity contribution in [1.29, 1.82) is 0 Å². The largest absolute Gasteiger partial charge is 0.408 e. The Kier molecular flexibility index (Phi) is 8.10. The topological polar surface area (TPSA) is 166 Å². The number of fused-ring (bicyclic) bond motifs is 1. The molecule has 0 unspecified atom stereocenters. The van der Waals surface area contributed by atoms with Gasteiger partial charge in [-0.25, -0.2) is 22.9 Å². The Hall–Kier alpha value is -4.22. The van der Waals surface area contributed by atoms with Crippen LogP contribution in [0.2, 0.25) is 0 Å². The number of rotatable bonds is 11. The maximum absolute atomic E-state index is 14.1. The average molecular weight is 681 g/mol. The zero-order valence-electron chi connectivity index (χ0n) is 25.6. The van der Waals surface area contributed by atoms with Gasteiger partial charge in [0.1, 0.15) is 23.9 Å². The predicted octanol–water partition coefficient (Wildman–Crippen LogP) is 3.31. The van der Waals surface area contributed by atoms with Crippen LogP contribution < -0.4 is 16.0 Å². The molecule has 18 heteroatoms. The van der Waals surface area contributed by atoms with E-state index in [2.05, 4.69) is 31.0 Å². The smallest absolute Gasteiger partial charge is 0.368 e. The first-order valence-corrected chi connectivity index (χ1v) is 15.9. The molecule has 3 aliphatic carbocycles. The summed E-state index contributed by atoms with van der Waals surface area (Å²) in [7, 11) is 0. The van der Waals surface area contributed by atoms with Gasteiger partial charge in [-0.3, -0.25) is 14.4 Å². The second kappa shape index (κ2) is 12.0. The summed E-state index contributed by atoms with van der Waals surface area (Å²) in [5.74, 6) is -5.45. The second-order valence-corrected chi connectivity index (χ2v) is 13.3. The lowest BCUT2D eigenvalue weighted by Gasteiger charge is -2.33. The molecular weight excluding hydrogens is 647 g/mol. The van der Waals surface area contributed by atoms with Gasteiger partial charge < -0.3 is 20.7 Å². The molecule has 0 radical (unpaired) electrons. The summed E-state index contributed by atoms with van der Waals surface area (Å²) in [6.45, 7) is -0.399. The number of imidazole rings is 1. The fourth-order valence-electron chi connectivity index (χ4n) is 6.57. The summed E-state index contributed by atoms with van der Waals surface area (Å²) in [5, 5.41) is 19.3. The van der Waals surface area contributed by atoms with E-state index in [1.165, 1.54) is 23.0 Å². The van der Waals surface area contributed by atoms with Gasteiger partial charge in [-0.05, 0) is 61.2 Å². The van der Waals surface area contributed by atoms with E-state index in [4.69, 9.17) is 9.37 Å². The van der Waals surface area contributed by atoms with Crippen LogP contribution in [0.25, 0.3) is 5.65 Å². The fraction of sp³-hybridized carbons (Fsp3) is 0.633. The molecule has 4 fully saturated rings. The number of ether oxygens (including phenoxy) is 1. The van der Waals surface area contributed by atoms with Gasteiger partial charge in [-0.15, -0.1) is 0 Å². The van der Waals surface area contributed by atoms with E-state index in [9.17, 15) is 36.3 Å². The number of aromatic nitrogens is 5. The molecule has 3 aromatic rings. The van der Waals surface area contributed by atoms with Crippen LogP contribution in [0.4, 0.5) is 22.0 Å². The van der Waals surface area contributed by atoms with Crippen LogP contribution in [-0.4, -0.2) is 79.0 Å². The van der Waals surface area contributed by atoms with Crippen LogP contribution in [0.1, 0.15) is 97.2 Å². The third-order valence-electron chi connectivity index (χ3n) is 9.47. The zero-order valence-corrected chi connectivity index (χ0v) is 25.6. The van der Waals surface area contributed by atoms with Crippen molar-refractivity contribution in [1.82, 2.24) is 40.9 Å². The molecule has 0 spiro atoms. The van der Waals surface area contributed by atoms with E-state index in [1.807, 2.05) is 5.32 Å². The number of halogens is 5. The summed E-state index contributed by atoms with van der Waals surface area (Å²) in [5.41, 5.74) is -0.616. The van der Waals surface area contributed by atoms with Crippen molar-refractivity contribution >= 4 is 23.4 Å². The normalized spacial score (nSPS) is 25.2. The van der Waals surface area contributed by atoms with Crippen LogP contribution in [0.5, 0.6) is 0 Å². The van der Waals surface area contributed by atoms with Crippen molar-refractivity contribution in [3.05, 3.63) is 41.1 Å². The maximum atomic E-state index is 14.1. The Balaban J connectivity index is 1.15. The van der Waals surface area contributed by atoms with Crippen LogP contribution in [-0.2, 0) is 20.7 Å². The number of nitrogens with zero attached hydrogens (tertiary/aromatic N) is 5. The number of carbonyl (C=O) groups is 3. The van der Waals surface area contributed by atoms with Gasteiger partial charge in [0, 0.05) is 31.6 Å². The molecule has 0 aromatic carbocycles. The van der Waals surface area contributed by atoms with Crippen molar-refractivity contribution in [3.8, 4) is 0 Å². The molecule has 4 heterocycles. The number of hydrogen-bond acceptors (Lipinski definition) is 9. The molecule has 1 aliphatic heterocycles. The van der Waals surface area contributed by atoms with Crippen LogP contribution in [0.3, 0.4) is 0 Å². The molecule has 258 valence electrons. The molecule has 1 saturated heterocycles. The highest BCUT2D eigenvalue weighted by atomic mass is 19.4. The first-order valence-electron chi connectivity index (χ1n) is 15.9. The summed E-state index contributed by atoms with van der Waals surface area (Å²) in [6.07, 6.45) is -0.265. The monoisotopic (exact) mass is 680 g/mol. The van der Waals surface area contributed by atoms with Gasteiger partial charge >= 0.3 is 6.18 Å². The van der Waals surface area contributed by atoms with E-state index in [0.29, 0.717) is 17.0 Å². The van der Waals surface area contributed by atoms with Crippen molar-refractivity contribution in [3.63, 3.8) is 0 Å². The van der Waals surface area contributed by atoms with E-state index in [1.54, 1.807) is 0 Å². The standard InChI is InChI=1S/C30H33F5N8O5/c31-29(32)7-5-17(6-8-29)23(39-26(45)25-24(16-1-2-16)41-48-42-25)19-13-43-21(37-19)9-15(12-36-43)10-28(40-22(44)14-47-18-3-4-18)11-20(30(33,34)35)38-27(28)46/h9,12-13,16-18,20,23H,1-8,10-11,14H2,(H,38,46)(H,39,45)(H,40,44)/t20-,23-,28+/m0/s1. The van der Waals surface area contributed by atoms with Gasteiger partial charge in [-0.1, -0.05) is 5.16 Å². The Labute approximate surface area is 269 Å². The van der Waals surface area contributed by atoms with E-state index in [-0.39, 0.29) is 55.5 Å². The minimum absolute atomic E-state index is 0.0229. The summed E-state index contributed by atoms with van der Waals surface area (Å²) >= 11 is 0. The van der Waals surface area contributed by atoms with Crippen molar-refractivity contribution < 1.29 is 45.7 Å². The van der Waals surface area contributed by atoms with Crippen LogP contribution in [0, 0.1) is 5.92 Å². The van der Waals surface area contributed by atoms with E-state index >= 15 is 0 Å². The molecule has 0 bridgehead atoms. The first-order chi connectivity index (χ1) is 22.8. The third-order valence-corrected chi connectivity index (χ3v) is 9.47. The summed E-state index contributed by atoms with van der Waals surface area (Å²) in [6, 6.07) is -1.47. The third kappa shape index (κ3) is 6.84. The second-order valence-electron chi connectivity index (χ2n) is 13.3. The highest BCUT2D eigenvalue weighted by molar-refractivity contribution is 5.94. The Morgan fingerprint density at radius 3 is 2.54 bits per heavy atom. The quantitative estimate of drug-likeness (QED) is 0.258. The van der Waals surface area contributed by atoms with Crippen molar-refractivity contribution in [2.24, 2.45) is 5.92 Å².